The van der Waals surface area contributed by atoms with E-state index in [1.165, 1.54) is 0 Å². The van der Waals surface area contributed by atoms with E-state index in [4.69, 9.17) is 4.74 Å². The van der Waals surface area contributed by atoms with Crippen LogP contribution in [0.3, 0.4) is 0 Å². The molecule has 0 aromatic carbocycles. The molecule has 1 aliphatic rings. The summed E-state index contributed by atoms with van der Waals surface area (Å²) in [6, 6.07) is 0. The second-order valence-electron chi connectivity index (χ2n) is 5.89. The molecule has 0 bridgehead atoms. The Bertz CT molecular complexity index is 431. The van der Waals surface area contributed by atoms with Crippen LogP contribution < -0.4 is 0 Å². The second kappa shape index (κ2) is 3.86. The number of esters is 1. The molecule has 1 saturated carbocycles. The van der Waals surface area contributed by atoms with Crippen molar-refractivity contribution in [1.29, 1.82) is 0 Å². The summed E-state index contributed by atoms with van der Waals surface area (Å²) in [5, 5.41) is 4.15. The SMILES string of the molecule is CC1[C@H](C(=O)OC(C)(C)C)[C@H]1c1cnn(C)c1. The predicted molar refractivity (Wildman–Crippen MR) is 64.4 cm³/mol. The number of ether oxygens (including phenoxy) is 1. The van der Waals surface area contributed by atoms with E-state index in [0.717, 1.165) is 5.56 Å². The smallest absolute Gasteiger partial charge is 0.310 e. The summed E-state index contributed by atoms with van der Waals surface area (Å²) in [7, 11) is 1.89. The van der Waals surface area contributed by atoms with Gasteiger partial charge >= 0.3 is 5.97 Å². The van der Waals surface area contributed by atoms with E-state index in [1.54, 1.807) is 4.68 Å². The number of carbonyl (C=O) groups excluding carboxylic acids is 1. The Hall–Kier alpha value is -1.32. The third kappa shape index (κ3) is 2.51. The second-order valence-corrected chi connectivity index (χ2v) is 5.89. The lowest BCUT2D eigenvalue weighted by Crippen LogP contribution is -2.25. The summed E-state index contributed by atoms with van der Waals surface area (Å²) in [5.41, 5.74) is 0.731. The van der Waals surface area contributed by atoms with E-state index in [1.807, 2.05) is 40.2 Å². The Kier molecular flexibility index (Phi) is 2.76. The van der Waals surface area contributed by atoms with Crippen molar-refractivity contribution >= 4 is 5.97 Å². The maximum absolute atomic E-state index is 12.0. The molecule has 0 N–H and O–H groups in total. The van der Waals surface area contributed by atoms with Gasteiger partial charge in [0.1, 0.15) is 5.60 Å². The third-order valence-electron chi connectivity index (χ3n) is 3.17. The van der Waals surface area contributed by atoms with E-state index in [0.29, 0.717) is 5.92 Å². The molecule has 17 heavy (non-hydrogen) atoms. The molecular weight excluding hydrogens is 216 g/mol. The zero-order chi connectivity index (χ0) is 12.8. The van der Waals surface area contributed by atoms with Crippen molar-refractivity contribution < 1.29 is 9.53 Å². The summed E-state index contributed by atoms with van der Waals surface area (Å²) >= 11 is 0. The lowest BCUT2D eigenvalue weighted by molar-refractivity contribution is -0.156. The van der Waals surface area contributed by atoms with Crippen molar-refractivity contribution in [2.45, 2.75) is 39.2 Å². The van der Waals surface area contributed by atoms with E-state index in [-0.39, 0.29) is 17.8 Å². The van der Waals surface area contributed by atoms with Gasteiger partial charge in [0, 0.05) is 19.2 Å². The molecule has 1 aliphatic carbocycles. The van der Waals surface area contributed by atoms with E-state index >= 15 is 0 Å². The van der Waals surface area contributed by atoms with Gasteiger partial charge in [-0.1, -0.05) is 6.92 Å². The van der Waals surface area contributed by atoms with Gasteiger partial charge in [-0.3, -0.25) is 9.48 Å². The topological polar surface area (TPSA) is 44.1 Å². The Balaban J connectivity index is 2.04. The van der Waals surface area contributed by atoms with Gasteiger partial charge in [0.05, 0.1) is 12.1 Å². The molecule has 1 aromatic rings. The average Bonchev–Trinajstić information content (AvgIpc) is 2.62. The molecule has 1 heterocycles. The molecule has 0 spiro atoms. The van der Waals surface area contributed by atoms with Crippen molar-refractivity contribution in [2.75, 3.05) is 0 Å². The van der Waals surface area contributed by atoms with Crippen LogP contribution in [0.1, 0.15) is 39.2 Å². The Morgan fingerprint density at radius 3 is 2.59 bits per heavy atom. The van der Waals surface area contributed by atoms with Crippen LogP contribution in [0.5, 0.6) is 0 Å². The van der Waals surface area contributed by atoms with Gasteiger partial charge in [-0.25, -0.2) is 0 Å². The minimum Gasteiger partial charge on any atom is -0.460 e. The van der Waals surface area contributed by atoms with Crippen LogP contribution in [0.4, 0.5) is 0 Å². The fourth-order valence-electron chi connectivity index (χ4n) is 2.32. The molecule has 0 amide bonds. The van der Waals surface area contributed by atoms with Gasteiger partial charge < -0.3 is 4.74 Å². The van der Waals surface area contributed by atoms with E-state index in [9.17, 15) is 4.79 Å². The third-order valence-corrected chi connectivity index (χ3v) is 3.17. The average molecular weight is 236 g/mol. The fraction of sp³-hybridized carbons (Fsp3) is 0.692. The number of aromatic nitrogens is 2. The highest BCUT2D eigenvalue weighted by molar-refractivity contribution is 5.78. The van der Waals surface area contributed by atoms with Crippen LogP contribution in [-0.2, 0) is 16.6 Å². The Morgan fingerprint density at radius 2 is 2.12 bits per heavy atom. The predicted octanol–water partition coefficient (Wildman–Crippen LogP) is 2.11. The first-order chi connectivity index (χ1) is 7.79. The number of nitrogens with zero attached hydrogens (tertiary/aromatic N) is 2. The van der Waals surface area contributed by atoms with Crippen LogP contribution >= 0.6 is 0 Å². The Labute approximate surface area is 102 Å². The normalized spacial score (nSPS) is 27.9. The molecule has 4 nitrogen and oxygen atoms in total. The molecule has 1 fully saturated rings. The molecule has 3 atom stereocenters. The summed E-state index contributed by atoms with van der Waals surface area (Å²) in [5.74, 6) is 0.546. The standard InChI is InChI=1S/C13H20N2O2/c1-8-10(9-6-14-15(5)7-9)11(8)12(16)17-13(2,3)4/h6-8,10-11H,1-5H3/t8?,10-,11+/m1/s1. The Morgan fingerprint density at radius 1 is 1.47 bits per heavy atom. The number of carbonyl (C=O) groups is 1. The van der Waals surface area contributed by atoms with Gasteiger partial charge in [0.2, 0.25) is 0 Å². The van der Waals surface area contributed by atoms with Crippen LogP contribution in [0.2, 0.25) is 0 Å². The number of hydrogen-bond donors (Lipinski definition) is 0. The van der Waals surface area contributed by atoms with Crippen molar-refractivity contribution in [1.82, 2.24) is 9.78 Å². The van der Waals surface area contributed by atoms with Crippen molar-refractivity contribution in [3.05, 3.63) is 18.0 Å². The lowest BCUT2D eigenvalue weighted by atomic mass is 10.1. The molecule has 94 valence electrons. The van der Waals surface area contributed by atoms with Crippen LogP contribution in [0.25, 0.3) is 0 Å². The molecule has 4 heteroatoms. The summed E-state index contributed by atoms with van der Waals surface area (Å²) in [6.07, 6.45) is 3.82. The molecule has 1 aromatic heterocycles. The minimum atomic E-state index is -0.404. The highest BCUT2D eigenvalue weighted by atomic mass is 16.6. The highest BCUT2D eigenvalue weighted by Crippen LogP contribution is 2.54. The minimum absolute atomic E-state index is 0.00146. The number of aryl methyl sites for hydroxylation is 1. The van der Waals surface area contributed by atoms with E-state index < -0.39 is 5.60 Å². The first kappa shape index (κ1) is 12.1. The quantitative estimate of drug-likeness (QED) is 0.739. The maximum atomic E-state index is 12.0. The highest BCUT2D eigenvalue weighted by Gasteiger charge is 2.54. The first-order valence-electron chi connectivity index (χ1n) is 6.01. The van der Waals surface area contributed by atoms with Crippen molar-refractivity contribution in [3.63, 3.8) is 0 Å². The molecule has 2 rings (SSSR count). The molecule has 1 unspecified atom stereocenters. The molecular formula is C13H20N2O2. The fourth-order valence-corrected chi connectivity index (χ4v) is 2.32. The molecule has 0 aliphatic heterocycles. The van der Waals surface area contributed by atoms with E-state index in [2.05, 4.69) is 12.0 Å². The summed E-state index contributed by atoms with van der Waals surface area (Å²) in [6.45, 7) is 7.79. The summed E-state index contributed by atoms with van der Waals surface area (Å²) in [4.78, 5) is 12.0. The zero-order valence-electron chi connectivity index (χ0n) is 11.1. The van der Waals surface area contributed by atoms with Gasteiger partial charge in [-0.15, -0.1) is 0 Å². The van der Waals surface area contributed by atoms with Crippen LogP contribution in [0.15, 0.2) is 12.4 Å². The van der Waals surface area contributed by atoms with Crippen LogP contribution in [-0.4, -0.2) is 21.4 Å². The van der Waals surface area contributed by atoms with Crippen LogP contribution in [0, 0.1) is 11.8 Å². The monoisotopic (exact) mass is 236 g/mol. The van der Waals surface area contributed by atoms with Crippen molar-refractivity contribution in [3.8, 4) is 0 Å². The first-order valence-corrected chi connectivity index (χ1v) is 6.01. The van der Waals surface area contributed by atoms with Gasteiger partial charge in [0.25, 0.3) is 0 Å². The lowest BCUT2D eigenvalue weighted by Gasteiger charge is -2.19. The molecule has 0 radical (unpaired) electrons. The largest absolute Gasteiger partial charge is 0.460 e. The molecule has 0 saturated heterocycles. The van der Waals surface area contributed by atoms with Crippen molar-refractivity contribution in [2.24, 2.45) is 18.9 Å². The zero-order valence-corrected chi connectivity index (χ0v) is 11.1. The van der Waals surface area contributed by atoms with Gasteiger partial charge in [-0.05, 0) is 32.3 Å². The number of rotatable bonds is 2. The number of hydrogen-bond acceptors (Lipinski definition) is 3. The van der Waals surface area contributed by atoms with Gasteiger partial charge in [-0.2, -0.15) is 5.10 Å². The maximum Gasteiger partial charge on any atom is 0.310 e. The summed E-state index contributed by atoms with van der Waals surface area (Å²) < 4.78 is 7.19. The van der Waals surface area contributed by atoms with Gasteiger partial charge in [0.15, 0.2) is 0 Å².